The second kappa shape index (κ2) is 12.4. The molecule has 0 saturated heterocycles. The van der Waals surface area contributed by atoms with E-state index in [1.54, 1.807) is 0 Å². The average molecular weight is 731 g/mol. The Morgan fingerprint density at radius 1 is 0.463 bits per heavy atom. The highest BCUT2D eigenvalue weighted by Gasteiger charge is 2.45. The molecule has 2 aliphatic heterocycles. The lowest BCUT2D eigenvalue weighted by atomic mass is 10.0. The molecule has 0 N–H and O–H groups in total. The van der Waals surface area contributed by atoms with Crippen LogP contribution in [0.2, 0.25) is 13.1 Å². The number of rotatable bonds is 5. The normalized spacial score (nSPS) is 16.2. The summed E-state index contributed by atoms with van der Waals surface area (Å²) in [5.41, 5.74) is 8.22. The lowest BCUT2D eigenvalue weighted by Gasteiger charge is -2.38. The molecule has 0 saturated carbocycles. The molecule has 2 aliphatic rings. The van der Waals surface area contributed by atoms with Crippen LogP contribution in [0.4, 0.5) is 17.1 Å². The number of anilines is 3. The molecule has 0 aliphatic carbocycles. The van der Waals surface area contributed by atoms with Crippen molar-refractivity contribution in [1.29, 1.82) is 0 Å². The van der Waals surface area contributed by atoms with Crippen LogP contribution in [0.25, 0.3) is 45.3 Å². The molecule has 0 spiro atoms. The van der Waals surface area contributed by atoms with Gasteiger partial charge in [0, 0.05) is 38.3 Å². The lowest BCUT2D eigenvalue weighted by Crippen LogP contribution is -2.50. The van der Waals surface area contributed by atoms with Crippen molar-refractivity contribution < 1.29 is 4.57 Å². The molecule has 0 radical (unpaired) electrons. The summed E-state index contributed by atoms with van der Waals surface area (Å²) in [6.07, 6.45) is 0. The van der Waals surface area contributed by atoms with E-state index in [0.717, 1.165) is 49.7 Å². The fourth-order valence-corrected chi connectivity index (χ4v) is 14.4. The first-order valence-corrected chi connectivity index (χ1v) is 22.9. The Bertz CT molecular complexity index is 2720. The number of hydrogen-bond donors (Lipinski definition) is 0. The third-order valence-corrected chi connectivity index (χ3v) is 17.5. The molecule has 54 heavy (non-hydrogen) atoms. The summed E-state index contributed by atoms with van der Waals surface area (Å²) in [5.74, 6) is 1.93. The van der Waals surface area contributed by atoms with Gasteiger partial charge in [-0.05, 0) is 57.9 Å². The molecule has 5 nitrogen and oxygen atoms in total. The number of benzene rings is 7. The van der Waals surface area contributed by atoms with Gasteiger partial charge in [-0.25, -0.2) is 15.0 Å². The first-order chi connectivity index (χ1) is 26.4. The van der Waals surface area contributed by atoms with Crippen LogP contribution in [0, 0.1) is 0 Å². The first kappa shape index (κ1) is 32.4. The highest BCUT2D eigenvalue weighted by Crippen LogP contribution is 2.54. The fraction of sp³-hybridized carbons (Fsp3) is 0.0426. The summed E-state index contributed by atoms with van der Waals surface area (Å²) in [6.45, 7) is 4.82. The van der Waals surface area contributed by atoms with E-state index < -0.39 is 15.2 Å². The van der Waals surface area contributed by atoms with Gasteiger partial charge < -0.3 is 9.46 Å². The Balaban J connectivity index is 1.18. The molecule has 1 atom stereocenters. The third-order valence-electron chi connectivity index (χ3n) is 10.9. The summed E-state index contributed by atoms with van der Waals surface area (Å²) in [4.78, 5) is 17.3. The van der Waals surface area contributed by atoms with Gasteiger partial charge in [0.05, 0.1) is 11.4 Å². The van der Waals surface area contributed by atoms with Crippen molar-refractivity contribution >= 4 is 58.6 Å². The minimum absolute atomic E-state index is 0.643. The van der Waals surface area contributed by atoms with Gasteiger partial charge in [-0.15, -0.1) is 0 Å². The smallest absolute Gasteiger partial charge is 0.175 e. The second-order valence-corrected chi connectivity index (χ2v) is 21.4. The minimum atomic E-state index is -3.26. The van der Waals surface area contributed by atoms with E-state index in [9.17, 15) is 0 Å². The van der Waals surface area contributed by atoms with Crippen LogP contribution in [0.15, 0.2) is 176 Å². The maximum atomic E-state index is 16.0. The zero-order valence-corrected chi connectivity index (χ0v) is 31.8. The fourth-order valence-electron chi connectivity index (χ4n) is 8.22. The summed E-state index contributed by atoms with van der Waals surface area (Å²) < 4.78 is 16.0. The van der Waals surface area contributed by atoms with Crippen molar-refractivity contribution in [2.75, 3.05) is 4.90 Å². The van der Waals surface area contributed by atoms with Gasteiger partial charge in [0.15, 0.2) is 24.6 Å². The number of fused-ring (bicyclic) bond motifs is 5. The highest BCUT2D eigenvalue weighted by atomic mass is 31.2. The van der Waals surface area contributed by atoms with Crippen molar-refractivity contribution in [2.45, 2.75) is 13.1 Å². The van der Waals surface area contributed by atoms with Gasteiger partial charge in [0.2, 0.25) is 0 Å². The Morgan fingerprint density at radius 2 is 0.981 bits per heavy atom. The van der Waals surface area contributed by atoms with Crippen molar-refractivity contribution in [3.8, 4) is 45.3 Å². The van der Waals surface area contributed by atoms with E-state index in [-0.39, 0.29) is 0 Å². The average Bonchev–Trinajstić information content (AvgIpc) is 3.46. The molecule has 10 rings (SSSR count). The van der Waals surface area contributed by atoms with Gasteiger partial charge >= 0.3 is 0 Å². The Morgan fingerprint density at radius 3 is 1.61 bits per heavy atom. The number of para-hydroxylation sites is 2. The lowest BCUT2D eigenvalue weighted by molar-refractivity contribution is 0.592. The zero-order chi connectivity index (χ0) is 36.4. The predicted molar refractivity (Wildman–Crippen MR) is 226 cm³/mol. The standard InChI is InChI=1S/C47H35N4OPSi/c1-54(2)43-29-34(47-49-45(32-17-7-3-8-18-32)48-46(50-47)33-19-9-4-10-20-33)27-28-37(43)38-30-40-42(31-44(38)54)53(52,36-23-13-6-14-24-36)41-26-16-15-25-39(41)51(40)35-21-11-5-12-22-35/h3-31H,1-2H3. The molecule has 3 heterocycles. The quantitative estimate of drug-likeness (QED) is 0.131. The van der Waals surface area contributed by atoms with Crippen molar-refractivity contribution in [1.82, 2.24) is 15.0 Å². The van der Waals surface area contributed by atoms with Crippen molar-refractivity contribution in [3.63, 3.8) is 0 Å². The number of hydrogen-bond acceptors (Lipinski definition) is 5. The van der Waals surface area contributed by atoms with Crippen LogP contribution < -0.4 is 31.2 Å². The third kappa shape index (κ3) is 4.98. The molecule has 0 fully saturated rings. The van der Waals surface area contributed by atoms with E-state index >= 15 is 4.57 Å². The molecular formula is C47H35N4OPSi. The van der Waals surface area contributed by atoms with Crippen LogP contribution in [-0.2, 0) is 4.57 Å². The molecule has 258 valence electrons. The second-order valence-electron chi connectivity index (χ2n) is 14.4. The minimum Gasteiger partial charge on any atom is -0.309 e. The van der Waals surface area contributed by atoms with E-state index in [1.165, 1.54) is 21.5 Å². The number of aromatic nitrogens is 3. The topological polar surface area (TPSA) is 59.0 Å². The van der Waals surface area contributed by atoms with Crippen LogP contribution in [0.3, 0.4) is 0 Å². The maximum Gasteiger partial charge on any atom is 0.175 e. The summed E-state index contributed by atoms with van der Waals surface area (Å²) in [6, 6.07) is 60.2. The Hall–Kier alpha value is -6.20. The van der Waals surface area contributed by atoms with Gasteiger partial charge in [-0.2, -0.15) is 0 Å². The molecular weight excluding hydrogens is 696 g/mol. The largest absolute Gasteiger partial charge is 0.309 e. The van der Waals surface area contributed by atoms with Crippen molar-refractivity contribution in [3.05, 3.63) is 176 Å². The summed E-state index contributed by atoms with van der Waals surface area (Å²) in [7, 11) is -5.59. The van der Waals surface area contributed by atoms with E-state index in [2.05, 4.69) is 84.7 Å². The molecule has 0 amide bonds. The molecule has 0 bridgehead atoms. The molecule has 8 aromatic rings. The predicted octanol–water partition coefficient (Wildman–Crippen LogP) is 9.10. The Labute approximate surface area is 316 Å². The van der Waals surface area contributed by atoms with Crippen LogP contribution >= 0.6 is 7.14 Å². The molecule has 7 aromatic carbocycles. The van der Waals surface area contributed by atoms with E-state index in [0.29, 0.717) is 17.5 Å². The highest BCUT2D eigenvalue weighted by molar-refractivity contribution is 7.86. The maximum absolute atomic E-state index is 16.0. The molecule has 1 aromatic heterocycles. The molecule has 7 heteroatoms. The van der Waals surface area contributed by atoms with Crippen LogP contribution in [0.1, 0.15) is 0 Å². The van der Waals surface area contributed by atoms with Gasteiger partial charge in [-0.1, -0.05) is 153 Å². The van der Waals surface area contributed by atoms with Crippen molar-refractivity contribution in [2.24, 2.45) is 0 Å². The van der Waals surface area contributed by atoms with Gasteiger partial charge in [-0.3, -0.25) is 0 Å². The monoisotopic (exact) mass is 730 g/mol. The Kier molecular flexibility index (Phi) is 7.48. The molecule has 1 unspecified atom stereocenters. The van der Waals surface area contributed by atoms with Gasteiger partial charge in [0.1, 0.15) is 8.07 Å². The van der Waals surface area contributed by atoms with Crippen LogP contribution in [-0.4, -0.2) is 23.0 Å². The number of nitrogens with zero attached hydrogens (tertiary/aromatic N) is 4. The summed E-state index contributed by atoms with van der Waals surface area (Å²) >= 11 is 0. The van der Waals surface area contributed by atoms with E-state index in [1.807, 2.05) is 109 Å². The van der Waals surface area contributed by atoms with E-state index in [4.69, 9.17) is 15.0 Å². The van der Waals surface area contributed by atoms with Crippen LogP contribution in [0.5, 0.6) is 0 Å². The van der Waals surface area contributed by atoms with Gasteiger partial charge in [0.25, 0.3) is 0 Å². The zero-order valence-electron chi connectivity index (χ0n) is 29.9. The summed E-state index contributed by atoms with van der Waals surface area (Å²) in [5, 5.41) is 5.21. The first-order valence-electron chi connectivity index (χ1n) is 18.2. The SMILES string of the molecule is C[Si]1(C)c2cc(-c3nc(-c4ccccc4)nc(-c4ccccc4)n3)ccc2-c2cc3c(cc21)P(=O)(c1ccccc1)c1ccccc1N3c1ccccc1.